The summed E-state index contributed by atoms with van der Waals surface area (Å²) < 4.78 is 22.1. The molecule has 2 aromatic heterocycles. The van der Waals surface area contributed by atoms with Gasteiger partial charge in [-0.2, -0.15) is 0 Å². The van der Waals surface area contributed by atoms with Crippen molar-refractivity contribution in [2.75, 3.05) is 26.9 Å². The number of imidazole rings is 1. The maximum Gasteiger partial charge on any atom is 0.228 e. The normalized spacial score (nSPS) is 12.4. The van der Waals surface area contributed by atoms with Crippen LogP contribution in [0.25, 0.3) is 22.2 Å². The zero-order valence-electron chi connectivity index (χ0n) is 16.8. The summed E-state index contributed by atoms with van der Waals surface area (Å²) in [5.41, 5.74) is 9.34. The number of pyridine rings is 1. The molecule has 154 valence electrons. The first-order chi connectivity index (χ1) is 14.5. The van der Waals surface area contributed by atoms with Crippen LogP contribution in [0.15, 0.2) is 70.6 Å². The molecule has 0 fully saturated rings. The molecule has 0 aliphatic rings. The molecule has 0 spiro atoms. The fraction of sp³-hybridized carbons (Fsp3) is 0.143. The number of fused-ring (bicyclic) bond motifs is 1. The van der Waals surface area contributed by atoms with Gasteiger partial charge >= 0.3 is 0 Å². The lowest BCUT2D eigenvalue weighted by Crippen LogP contribution is -2.08. The minimum atomic E-state index is -1.50. The second-order valence-corrected chi connectivity index (χ2v) is 9.35. The number of nitrogens with zero attached hydrogens (tertiary/aromatic N) is 4. The van der Waals surface area contributed by atoms with E-state index in [1.54, 1.807) is 17.3 Å². The van der Waals surface area contributed by atoms with Crippen molar-refractivity contribution in [3.05, 3.63) is 60.8 Å². The molecule has 2 heterocycles. The van der Waals surface area contributed by atoms with Crippen LogP contribution in [0.2, 0.25) is 0 Å². The standard InChI is InChI=1S/C21H21N5O2S2/c1-25(2)29-19-12-15(13-23-20(19)28-3)14-9-10-17-18(11-14)26(21(22)24-17)30(27)16-7-5-4-6-8-16/h4-13H,1-3H3,(H2,22,24). The Balaban J connectivity index is 1.82. The maximum absolute atomic E-state index is 13.2. The minimum absolute atomic E-state index is 0.209. The predicted molar refractivity (Wildman–Crippen MR) is 122 cm³/mol. The number of hydrogen-bond acceptors (Lipinski definition) is 7. The van der Waals surface area contributed by atoms with Crippen LogP contribution < -0.4 is 10.5 Å². The van der Waals surface area contributed by atoms with Gasteiger partial charge in [0.1, 0.15) is 0 Å². The molecule has 7 nitrogen and oxygen atoms in total. The monoisotopic (exact) mass is 439 g/mol. The van der Waals surface area contributed by atoms with E-state index in [-0.39, 0.29) is 5.95 Å². The van der Waals surface area contributed by atoms with Crippen LogP contribution in [0.1, 0.15) is 0 Å². The van der Waals surface area contributed by atoms with Gasteiger partial charge < -0.3 is 10.5 Å². The van der Waals surface area contributed by atoms with Crippen LogP contribution in [0.4, 0.5) is 5.95 Å². The second kappa shape index (κ2) is 8.47. The highest BCUT2D eigenvalue weighted by molar-refractivity contribution is 7.97. The molecule has 2 N–H and O–H groups in total. The molecule has 0 saturated heterocycles. The number of methoxy groups -OCH3 is 1. The van der Waals surface area contributed by atoms with E-state index in [4.69, 9.17) is 10.5 Å². The summed E-state index contributed by atoms with van der Waals surface area (Å²) in [5.74, 6) is 0.777. The van der Waals surface area contributed by atoms with Gasteiger partial charge in [-0.25, -0.2) is 18.1 Å². The highest BCUT2D eigenvalue weighted by atomic mass is 32.2. The summed E-state index contributed by atoms with van der Waals surface area (Å²) in [4.78, 5) is 10.4. The van der Waals surface area contributed by atoms with E-state index >= 15 is 0 Å². The zero-order valence-corrected chi connectivity index (χ0v) is 18.4. The predicted octanol–water partition coefficient (Wildman–Crippen LogP) is 3.83. The Labute approximate surface area is 181 Å². The van der Waals surface area contributed by atoms with Gasteiger partial charge in [-0.15, -0.1) is 0 Å². The fourth-order valence-corrected chi connectivity index (χ4v) is 5.00. The first-order valence-electron chi connectivity index (χ1n) is 9.13. The third kappa shape index (κ3) is 3.91. The minimum Gasteiger partial charge on any atom is -0.480 e. The quantitative estimate of drug-likeness (QED) is 0.457. The first-order valence-corrected chi connectivity index (χ1v) is 11.0. The SMILES string of the molecule is COc1ncc(-c2ccc3nc(N)n(S(=O)c4ccccc4)c3c2)cc1SN(C)C. The summed E-state index contributed by atoms with van der Waals surface area (Å²) in [5, 5.41) is 0. The molecule has 30 heavy (non-hydrogen) atoms. The molecule has 0 amide bonds. The molecule has 4 aromatic rings. The molecular weight excluding hydrogens is 418 g/mol. The van der Waals surface area contributed by atoms with Crippen LogP contribution in [0.5, 0.6) is 5.88 Å². The van der Waals surface area contributed by atoms with Crippen molar-refractivity contribution in [2.45, 2.75) is 9.79 Å². The van der Waals surface area contributed by atoms with Crippen molar-refractivity contribution in [1.29, 1.82) is 0 Å². The number of ether oxygens (including phenoxy) is 1. The van der Waals surface area contributed by atoms with Crippen LogP contribution in [-0.2, 0) is 11.0 Å². The van der Waals surface area contributed by atoms with Gasteiger partial charge in [0.2, 0.25) is 11.8 Å². The largest absolute Gasteiger partial charge is 0.480 e. The topological polar surface area (TPSA) is 86.3 Å². The third-order valence-electron chi connectivity index (χ3n) is 4.37. The Hall–Kier alpha value is -2.88. The first kappa shape index (κ1) is 20.4. The molecule has 0 aliphatic carbocycles. The van der Waals surface area contributed by atoms with E-state index in [0.29, 0.717) is 21.8 Å². The van der Waals surface area contributed by atoms with Crippen LogP contribution in [0, 0.1) is 0 Å². The molecule has 0 saturated carbocycles. The van der Waals surface area contributed by atoms with Gasteiger partial charge in [-0.1, -0.05) is 24.3 Å². The van der Waals surface area contributed by atoms with E-state index in [1.165, 1.54) is 11.9 Å². The van der Waals surface area contributed by atoms with E-state index < -0.39 is 11.0 Å². The second-order valence-electron chi connectivity index (χ2n) is 6.67. The number of rotatable bonds is 6. The summed E-state index contributed by atoms with van der Waals surface area (Å²) in [7, 11) is 4.03. The van der Waals surface area contributed by atoms with Crippen LogP contribution >= 0.6 is 11.9 Å². The zero-order chi connectivity index (χ0) is 21.3. The Bertz CT molecular complexity index is 1230. The third-order valence-corrected chi connectivity index (χ3v) is 6.62. The lowest BCUT2D eigenvalue weighted by atomic mass is 10.1. The average Bonchev–Trinajstić information content (AvgIpc) is 3.08. The molecule has 0 bridgehead atoms. The van der Waals surface area contributed by atoms with Gasteiger partial charge in [0.05, 0.1) is 27.9 Å². The van der Waals surface area contributed by atoms with E-state index in [0.717, 1.165) is 16.0 Å². The fourth-order valence-electron chi connectivity index (χ4n) is 3.07. The van der Waals surface area contributed by atoms with Crippen molar-refractivity contribution >= 4 is 39.9 Å². The molecule has 2 aromatic carbocycles. The highest BCUT2D eigenvalue weighted by Gasteiger charge is 2.17. The van der Waals surface area contributed by atoms with Crippen molar-refractivity contribution in [3.63, 3.8) is 0 Å². The Kier molecular flexibility index (Phi) is 5.76. The van der Waals surface area contributed by atoms with Crippen molar-refractivity contribution in [1.82, 2.24) is 18.2 Å². The summed E-state index contributed by atoms with van der Waals surface area (Å²) >= 11 is 1.53. The van der Waals surface area contributed by atoms with E-state index in [2.05, 4.69) is 9.97 Å². The smallest absolute Gasteiger partial charge is 0.228 e. The summed E-state index contributed by atoms with van der Waals surface area (Å²) in [6, 6.07) is 17.0. The van der Waals surface area contributed by atoms with Crippen molar-refractivity contribution in [2.24, 2.45) is 0 Å². The molecular formula is C21H21N5O2S2. The number of aromatic nitrogens is 3. The molecule has 1 unspecified atom stereocenters. The van der Waals surface area contributed by atoms with Gasteiger partial charge in [0.25, 0.3) is 0 Å². The number of hydrogen-bond donors (Lipinski definition) is 1. The highest BCUT2D eigenvalue weighted by Crippen LogP contribution is 2.34. The number of nitrogen functional groups attached to an aromatic ring is 1. The number of benzene rings is 2. The van der Waals surface area contributed by atoms with E-state index in [9.17, 15) is 4.21 Å². The van der Waals surface area contributed by atoms with Gasteiger partial charge in [0, 0.05) is 11.8 Å². The molecule has 4 rings (SSSR count). The maximum atomic E-state index is 13.2. The van der Waals surface area contributed by atoms with Crippen LogP contribution in [0.3, 0.4) is 0 Å². The molecule has 0 radical (unpaired) electrons. The summed E-state index contributed by atoms with van der Waals surface area (Å²) in [6.07, 6.45) is 1.76. The number of anilines is 1. The summed E-state index contributed by atoms with van der Waals surface area (Å²) in [6.45, 7) is 0. The van der Waals surface area contributed by atoms with Crippen molar-refractivity contribution in [3.8, 4) is 17.0 Å². The molecule has 9 heteroatoms. The van der Waals surface area contributed by atoms with Crippen LogP contribution in [-0.4, -0.2) is 43.7 Å². The lowest BCUT2D eigenvalue weighted by molar-refractivity contribution is 0.386. The van der Waals surface area contributed by atoms with Gasteiger partial charge in [-0.3, -0.25) is 4.31 Å². The number of nitrogens with two attached hydrogens (primary N) is 1. The van der Waals surface area contributed by atoms with Gasteiger partial charge in [-0.05, 0) is 61.9 Å². The average molecular weight is 440 g/mol. The van der Waals surface area contributed by atoms with Gasteiger partial charge in [0.15, 0.2) is 11.0 Å². The molecule has 0 aliphatic heterocycles. The lowest BCUT2D eigenvalue weighted by Gasteiger charge is -2.13. The Morgan fingerprint density at radius 3 is 2.57 bits per heavy atom. The van der Waals surface area contributed by atoms with E-state index in [1.807, 2.05) is 73.0 Å². The van der Waals surface area contributed by atoms with Crippen molar-refractivity contribution < 1.29 is 8.95 Å². The molecule has 1 atom stereocenters. The Morgan fingerprint density at radius 1 is 1.10 bits per heavy atom. The Morgan fingerprint density at radius 2 is 1.87 bits per heavy atom.